The first-order chi connectivity index (χ1) is 17.1. The van der Waals surface area contributed by atoms with Crippen molar-refractivity contribution in [2.75, 3.05) is 25.1 Å². The Morgan fingerprint density at radius 3 is 2.34 bits per heavy atom. The normalized spacial score (nSPS) is 22.1. The monoisotopic (exact) mass is 475 g/mol. The quantitative estimate of drug-likeness (QED) is 0.618. The van der Waals surface area contributed by atoms with Gasteiger partial charge in [-0.25, -0.2) is 4.98 Å². The number of ether oxygens (including phenoxy) is 1. The number of Topliss-reactive ketones (excluding diaryl/α,β-unsaturated/α-hetero) is 1. The van der Waals surface area contributed by atoms with E-state index >= 15 is 0 Å². The first kappa shape index (κ1) is 23.4. The number of carbonyl (C=O) groups is 2. The zero-order chi connectivity index (χ0) is 24.4. The number of piperidine rings is 1. The third kappa shape index (κ3) is 4.51. The topological polar surface area (TPSA) is 83.0 Å². The number of amides is 1. The van der Waals surface area contributed by atoms with Gasteiger partial charge in [0.25, 0.3) is 5.91 Å². The van der Waals surface area contributed by atoms with E-state index in [1.54, 1.807) is 12.1 Å². The van der Waals surface area contributed by atoms with Gasteiger partial charge >= 0.3 is 0 Å². The minimum atomic E-state index is -0.399. The molecule has 0 radical (unpaired) electrons. The maximum Gasteiger partial charge on any atom is 0.289 e. The lowest BCUT2D eigenvalue weighted by molar-refractivity contribution is -0.133. The van der Waals surface area contributed by atoms with Crippen molar-refractivity contribution >= 4 is 17.4 Å². The number of para-hydroxylation sites is 1. The number of nitrogens with zero attached hydrogens (tertiary/aromatic N) is 3. The Morgan fingerprint density at radius 1 is 1.00 bits per heavy atom. The van der Waals surface area contributed by atoms with Crippen LogP contribution in [0.1, 0.15) is 55.3 Å². The molecule has 1 unspecified atom stereocenters. The van der Waals surface area contributed by atoms with E-state index < -0.39 is 5.91 Å². The van der Waals surface area contributed by atoms with E-state index in [9.17, 15) is 14.7 Å². The van der Waals surface area contributed by atoms with E-state index in [0.717, 1.165) is 51.6 Å². The molecule has 1 aromatic carbocycles. The maximum absolute atomic E-state index is 13.6. The Morgan fingerprint density at radius 2 is 1.71 bits per heavy atom. The number of methoxy groups -OCH3 is 1. The Hall–Kier alpha value is -3.35. The van der Waals surface area contributed by atoms with Crippen LogP contribution in [-0.4, -0.2) is 59.0 Å². The third-order valence-electron chi connectivity index (χ3n) is 7.82. The molecule has 1 N–H and O–H groups in total. The molecule has 184 valence electrons. The van der Waals surface area contributed by atoms with Gasteiger partial charge in [0, 0.05) is 42.6 Å². The highest BCUT2D eigenvalue weighted by Crippen LogP contribution is 2.41. The van der Waals surface area contributed by atoms with Crippen molar-refractivity contribution in [3.8, 4) is 5.88 Å². The number of ketones is 1. The van der Waals surface area contributed by atoms with Gasteiger partial charge in [-0.2, -0.15) is 0 Å². The SMILES string of the molecule is COc1ccc(C(=O)C2=C(O)C(=O)N(C3CCN(c4ccccc4)CC3)C2C2CCCCC2)cn1. The number of rotatable bonds is 6. The minimum absolute atomic E-state index is 0.00386. The summed E-state index contributed by atoms with van der Waals surface area (Å²) in [5, 5.41) is 11.0. The molecule has 1 saturated heterocycles. The largest absolute Gasteiger partial charge is 0.503 e. The second kappa shape index (κ2) is 10.1. The van der Waals surface area contributed by atoms with Gasteiger partial charge in [0.2, 0.25) is 5.88 Å². The number of hydrogen-bond acceptors (Lipinski definition) is 6. The molecule has 0 spiro atoms. The van der Waals surface area contributed by atoms with Crippen molar-refractivity contribution in [1.82, 2.24) is 9.88 Å². The van der Waals surface area contributed by atoms with Gasteiger partial charge in [0.1, 0.15) is 0 Å². The lowest BCUT2D eigenvalue weighted by atomic mass is 9.79. The van der Waals surface area contributed by atoms with Gasteiger partial charge in [-0.3, -0.25) is 9.59 Å². The summed E-state index contributed by atoms with van der Waals surface area (Å²) in [6.07, 6.45) is 8.35. The zero-order valence-corrected chi connectivity index (χ0v) is 20.2. The van der Waals surface area contributed by atoms with Crippen molar-refractivity contribution in [3.05, 3.63) is 65.6 Å². The lowest BCUT2D eigenvalue weighted by Gasteiger charge is -2.43. The molecule has 1 amide bonds. The van der Waals surface area contributed by atoms with Gasteiger partial charge in [-0.15, -0.1) is 0 Å². The van der Waals surface area contributed by atoms with Crippen molar-refractivity contribution in [2.24, 2.45) is 5.92 Å². The molecule has 35 heavy (non-hydrogen) atoms. The lowest BCUT2D eigenvalue weighted by Crippen LogP contribution is -2.52. The summed E-state index contributed by atoms with van der Waals surface area (Å²) in [6.45, 7) is 1.67. The predicted octanol–water partition coefficient (Wildman–Crippen LogP) is 4.55. The number of benzene rings is 1. The van der Waals surface area contributed by atoms with Crippen molar-refractivity contribution < 1.29 is 19.4 Å². The molecule has 5 rings (SSSR count). The molecule has 3 aliphatic rings. The molecule has 0 bridgehead atoms. The molecule has 2 aliphatic heterocycles. The molecular weight excluding hydrogens is 442 g/mol. The van der Waals surface area contributed by atoms with Crippen LogP contribution in [0.4, 0.5) is 5.69 Å². The maximum atomic E-state index is 13.6. The second-order valence-electron chi connectivity index (χ2n) is 9.79. The standard InChI is InChI=1S/C28H33N3O4/c1-35-23-13-12-20(18-29-23)26(32)24-25(19-8-4-2-5-9-19)31(28(34)27(24)33)22-14-16-30(17-15-22)21-10-6-3-7-11-21/h3,6-7,10-13,18-19,22,25,33H,2,4-5,8-9,14-17H2,1H3. The number of pyridine rings is 1. The van der Waals surface area contributed by atoms with E-state index in [4.69, 9.17) is 4.74 Å². The van der Waals surface area contributed by atoms with Crippen LogP contribution >= 0.6 is 0 Å². The molecular formula is C28H33N3O4. The smallest absolute Gasteiger partial charge is 0.289 e. The van der Waals surface area contributed by atoms with Crippen LogP contribution in [-0.2, 0) is 4.79 Å². The number of aliphatic hydroxyl groups excluding tert-OH is 1. The van der Waals surface area contributed by atoms with Crippen LogP contribution in [0.25, 0.3) is 0 Å². The van der Waals surface area contributed by atoms with E-state index in [0.29, 0.717) is 11.4 Å². The molecule has 1 saturated carbocycles. The van der Waals surface area contributed by atoms with Crippen LogP contribution in [0, 0.1) is 5.92 Å². The fourth-order valence-electron chi connectivity index (χ4n) is 6.02. The van der Waals surface area contributed by atoms with Crippen molar-refractivity contribution in [2.45, 2.75) is 57.0 Å². The predicted molar refractivity (Wildman–Crippen MR) is 134 cm³/mol. The highest BCUT2D eigenvalue weighted by molar-refractivity contribution is 6.16. The average molecular weight is 476 g/mol. The molecule has 2 aromatic rings. The fraction of sp³-hybridized carbons (Fsp3) is 0.464. The summed E-state index contributed by atoms with van der Waals surface area (Å²) in [5.74, 6) is -0.506. The van der Waals surface area contributed by atoms with Gasteiger partial charge < -0.3 is 19.6 Å². The van der Waals surface area contributed by atoms with Crippen LogP contribution in [0.3, 0.4) is 0 Å². The van der Waals surface area contributed by atoms with Gasteiger partial charge in [-0.1, -0.05) is 37.5 Å². The average Bonchev–Trinajstić information content (AvgIpc) is 3.19. The highest BCUT2D eigenvalue weighted by atomic mass is 16.5. The first-order valence-corrected chi connectivity index (χ1v) is 12.7. The Kier molecular flexibility index (Phi) is 6.75. The van der Waals surface area contributed by atoms with E-state index in [-0.39, 0.29) is 35.1 Å². The molecule has 3 heterocycles. The zero-order valence-electron chi connectivity index (χ0n) is 20.2. The number of carbonyl (C=O) groups excluding carboxylic acids is 2. The Balaban J connectivity index is 1.41. The van der Waals surface area contributed by atoms with Crippen molar-refractivity contribution in [3.63, 3.8) is 0 Å². The summed E-state index contributed by atoms with van der Waals surface area (Å²) in [5.41, 5.74) is 1.80. The number of hydrogen-bond donors (Lipinski definition) is 1. The van der Waals surface area contributed by atoms with Crippen LogP contribution in [0.2, 0.25) is 0 Å². The van der Waals surface area contributed by atoms with Crippen LogP contribution in [0.15, 0.2) is 60.0 Å². The first-order valence-electron chi connectivity index (χ1n) is 12.7. The van der Waals surface area contributed by atoms with Gasteiger partial charge in [-0.05, 0) is 49.8 Å². The second-order valence-corrected chi connectivity index (χ2v) is 9.79. The number of anilines is 1. The summed E-state index contributed by atoms with van der Waals surface area (Å²) < 4.78 is 5.12. The summed E-state index contributed by atoms with van der Waals surface area (Å²) >= 11 is 0. The Labute approximate surface area is 206 Å². The summed E-state index contributed by atoms with van der Waals surface area (Å²) in [4.78, 5) is 35.5. The van der Waals surface area contributed by atoms with Crippen LogP contribution in [0.5, 0.6) is 5.88 Å². The molecule has 1 atom stereocenters. The van der Waals surface area contributed by atoms with Gasteiger partial charge in [0.05, 0.1) is 18.7 Å². The number of aromatic nitrogens is 1. The fourth-order valence-corrected chi connectivity index (χ4v) is 6.02. The van der Waals surface area contributed by atoms with Crippen LogP contribution < -0.4 is 9.64 Å². The molecule has 7 heteroatoms. The number of aliphatic hydroxyl groups is 1. The summed E-state index contributed by atoms with van der Waals surface area (Å²) in [7, 11) is 1.52. The molecule has 7 nitrogen and oxygen atoms in total. The third-order valence-corrected chi connectivity index (χ3v) is 7.82. The summed E-state index contributed by atoms with van der Waals surface area (Å²) in [6, 6.07) is 13.2. The van der Waals surface area contributed by atoms with E-state index in [1.807, 2.05) is 23.1 Å². The highest BCUT2D eigenvalue weighted by Gasteiger charge is 2.49. The van der Waals surface area contributed by atoms with E-state index in [1.165, 1.54) is 25.4 Å². The Bertz CT molecular complexity index is 1080. The van der Waals surface area contributed by atoms with Gasteiger partial charge in [0.15, 0.2) is 11.5 Å². The minimum Gasteiger partial charge on any atom is -0.503 e. The van der Waals surface area contributed by atoms with Crippen molar-refractivity contribution in [1.29, 1.82) is 0 Å². The molecule has 1 aromatic heterocycles. The molecule has 2 fully saturated rings. The van der Waals surface area contributed by atoms with E-state index in [2.05, 4.69) is 22.0 Å². The molecule has 1 aliphatic carbocycles.